The smallest absolute Gasteiger partial charge is 0.335 e. The lowest BCUT2D eigenvalue weighted by Crippen LogP contribution is -2.27. The fourth-order valence-corrected chi connectivity index (χ4v) is 2.64. The average Bonchev–Trinajstić information content (AvgIpc) is 2.48. The zero-order valence-corrected chi connectivity index (χ0v) is 11.5. The molecule has 0 spiro atoms. The second-order valence-corrected chi connectivity index (χ2v) is 5.28. The third-order valence-corrected chi connectivity index (χ3v) is 3.80. The Kier molecular flexibility index (Phi) is 5.09. The van der Waals surface area contributed by atoms with Crippen LogP contribution in [-0.2, 0) is 0 Å². The molecule has 2 N–H and O–H groups in total. The molecule has 0 unspecified atom stereocenters. The Labute approximate surface area is 118 Å². The van der Waals surface area contributed by atoms with Gasteiger partial charge in [0.2, 0.25) is 0 Å². The highest BCUT2D eigenvalue weighted by molar-refractivity contribution is 5.95. The van der Waals surface area contributed by atoms with Crippen molar-refractivity contribution in [2.75, 3.05) is 6.54 Å². The lowest BCUT2D eigenvalue weighted by atomic mass is 9.87. The maximum absolute atomic E-state index is 11.9. The largest absolute Gasteiger partial charge is 0.478 e. The Morgan fingerprint density at radius 2 is 2.05 bits per heavy atom. The first-order valence-electron chi connectivity index (χ1n) is 7.14. The first-order chi connectivity index (χ1) is 9.66. The van der Waals surface area contributed by atoms with Gasteiger partial charge in [0, 0.05) is 12.7 Å². The summed E-state index contributed by atoms with van der Waals surface area (Å²) in [7, 11) is 0. The Hall–Kier alpha value is -1.91. The summed E-state index contributed by atoms with van der Waals surface area (Å²) in [5.74, 6) is -0.644. The van der Waals surface area contributed by atoms with Crippen LogP contribution in [0.3, 0.4) is 0 Å². The molecule has 20 heavy (non-hydrogen) atoms. The minimum Gasteiger partial charge on any atom is -0.478 e. The number of carboxylic acid groups (broad SMARTS) is 1. The zero-order chi connectivity index (χ0) is 14.4. The molecule has 5 heteroatoms. The van der Waals surface area contributed by atoms with Gasteiger partial charge >= 0.3 is 5.97 Å². The molecular formula is C15H20N2O3. The summed E-state index contributed by atoms with van der Waals surface area (Å²) >= 11 is 0. The van der Waals surface area contributed by atoms with Crippen LogP contribution >= 0.6 is 0 Å². The predicted molar refractivity (Wildman–Crippen MR) is 74.7 cm³/mol. The number of hydrogen-bond acceptors (Lipinski definition) is 3. The van der Waals surface area contributed by atoms with Crippen LogP contribution in [0.1, 0.15) is 59.4 Å². The summed E-state index contributed by atoms with van der Waals surface area (Å²) in [4.78, 5) is 26.6. The Morgan fingerprint density at radius 3 is 2.75 bits per heavy atom. The van der Waals surface area contributed by atoms with Crippen molar-refractivity contribution in [2.24, 2.45) is 5.92 Å². The minimum absolute atomic E-state index is 0.0810. The monoisotopic (exact) mass is 276 g/mol. The molecular weight excluding hydrogens is 256 g/mol. The van der Waals surface area contributed by atoms with Gasteiger partial charge in [0.05, 0.1) is 5.56 Å². The highest BCUT2D eigenvalue weighted by Crippen LogP contribution is 2.25. The summed E-state index contributed by atoms with van der Waals surface area (Å²) in [6, 6.07) is 2.68. The number of nitrogens with one attached hydrogen (secondary N) is 1. The number of nitrogens with zero attached hydrogens (tertiary/aromatic N) is 1. The van der Waals surface area contributed by atoms with Crippen LogP contribution in [0, 0.1) is 5.92 Å². The molecule has 0 saturated heterocycles. The quantitative estimate of drug-likeness (QED) is 0.866. The van der Waals surface area contributed by atoms with E-state index in [2.05, 4.69) is 10.3 Å². The summed E-state index contributed by atoms with van der Waals surface area (Å²) in [6.45, 7) is 0.627. The van der Waals surface area contributed by atoms with Crippen molar-refractivity contribution >= 4 is 11.9 Å². The summed E-state index contributed by atoms with van der Waals surface area (Å²) in [6.07, 6.45) is 8.76. The van der Waals surface area contributed by atoms with Crippen molar-refractivity contribution in [1.82, 2.24) is 10.3 Å². The predicted octanol–water partition coefficient (Wildman–Crippen LogP) is 2.48. The second-order valence-electron chi connectivity index (χ2n) is 5.28. The van der Waals surface area contributed by atoms with Gasteiger partial charge in [-0.2, -0.15) is 0 Å². The van der Waals surface area contributed by atoms with Crippen LogP contribution in [0.2, 0.25) is 0 Å². The highest BCUT2D eigenvalue weighted by atomic mass is 16.4. The molecule has 0 bridgehead atoms. The molecule has 0 aromatic carbocycles. The normalized spacial score (nSPS) is 15.8. The number of aromatic carboxylic acids is 1. The number of rotatable bonds is 5. The van der Waals surface area contributed by atoms with E-state index in [0.29, 0.717) is 12.5 Å². The number of carbonyl (C=O) groups excluding carboxylic acids is 1. The Bertz CT molecular complexity index is 482. The first-order valence-corrected chi connectivity index (χ1v) is 7.14. The van der Waals surface area contributed by atoms with Gasteiger partial charge in [-0.05, 0) is 24.5 Å². The van der Waals surface area contributed by atoms with Crippen molar-refractivity contribution < 1.29 is 14.7 Å². The summed E-state index contributed by atoms with van der Waals surface area (Å²) in [5, 5.41) is 11.7. The van der Waals surface area contributed by atoms with Gasteiger partial charge in [-0.3, -0.25) is 9.78 Å². The molecule has 1 heterocycles. The van der Waals surface area contributed by atoms with Crippen molar-refractivity contribution in [3.05, 3.63) is 29.6 Å². The molecule has 1 amide bonds. The second kappa shape index (κ2) is 7.03. The van der Waals surface area contributed by atoms with Crippen molar-refractivity contribution in [1.29, 1.82) is 0 Å². The van der Waals surface area contributed by atoms with E-state index in [4.69, 9.17) is 5.11 Å². The van der Waals surface area contributed by atoms with Crippen molar-refractivity contribution in [3.8, 4) is 0 Å². The van der Waals surface area contributed by atoms with Gasteiger partial charge in [-0.25, -0.2) is 4.79 Å². The molecule has 2 rings (SSSR count). The molecule has 1 saturated carbocycles. The van der Waals surface area contributed by atoms with Gasteiger partial charge < -0.3 is 10.4 Å². The van der Waals surface area contributed by atoms with E-state index in [1.165, 1.54) is 50.4 Å². The fourth-order valence-electron chi connectivity index (χ4n) is 2.64. The van der Waals surface area contributed by atoms with Gasteiger partial charge in [0.25, 0.3) is 5.91 Å². The number of aromatic nitrogens is 1. The lowest BCUT2D eigenvalue weighted by Gasteiger charge is -2.21. The first kappa shape index (κ1) is 14.5. The molecule has 5 nitrogen and oxygen atoms in total. The fraction of sp³-hybridized carbons (Fsp3) is 0.533. The Balaban J connectivity index is 1.82. The van der Waals surface area contributed by atoms with E-state index in [0.717, 1.165) is 6.42 Å². The number of pyridine rings is 1. The van der Waals surface area contributed by atoms with E-state index in [9.17, 15) is 9.59 Å². The van der Waals surface area contributed by atoms with Crippen LogP contribution in [0.25, 0.3) is 0 Å². The number of carboxylic acids is 1. The zero-order valence-electron chi connectivity index (χ0n) is 11.5. The van der Waals surface area contributed by atoms with Gasteiger partial charge in [-0.1, -0.05) is 32.1 Å². The average molecular weight is 276 g/mol. The highest BCUT2D eigenvalue weighted by Gasteiger charge is 2.14. The molecule has 1 aliphatic carbocycles. The number of carbonyl (C=O) groups is 2. The summed E-state index contributed by atoms with van der Waals surface area (Å²) in [5.41, 5.74) is 0.242. The molecule has 1 aliphatic rings. The van der Waals surface area contributed by atoms with Crippen LogP contribution < -0.4 is 5.32 Å². The molecule has 1 fully saturated rings. The van der Waals surface area contributed by atoms with E-state index in [-0.39, 0.29) is 17.2 Å². The van der Waals surface area contributed by atoms with E-state index in [1.807, 2.05) is 0 Å². The van der Waals surface area contributed by atoms with Crippen LogP contribution in [0.15, 0.2) is 18.3 Å². The van der Waals surface area contributed by atoms with Crippen molar-refractivity contribution in [3.63, 3.8) is 0 Å². The molecule has 108 valence electrons. The SMILES string of the molecule is O=C(O)c1ccnc(C(=O)NCCC2CCCCC2)c1. The maximum Gasteiger partial charge on any atom is 0.335 e. The van der Waals surface area contributed by atoms with E-state index in [1.54, 1.807) is 0 Å². The van der Waals surface area contributed by atoms with Crippen LogP contribution in [0.5, 0.6) is 0 Å². The summed E-state index contributed by atoms with van der Waals surface area (Å²) < 4.78 is 0. The molecule has 1 aromatic rings. The number of hydrogen-bond donors (Lipinski definition) is 2. The lowest BCUT2D eigenvalue weighted by molar-refractivity contribution is 0.0696. The molecule has 0 aliphatic heterocycles. The van der Waals surface area contributed by atoms with E-state index < -0.39 is 5.97 Å². The van der Waals surface area contributed by atoms with E-state index >= 15 is 0 Å². The third-order valence-electron chi connectivity index (χ3n) is 3.80. The minimum atomic E-state index is -1.05. The van der Waals surface area contributed by atoms with Gasteiger partial charge in [0.1, 0.15) is 5.69 Å². The number of amides is 1. The third kappa shape index (κ3) is 4.05. The molecule has 0 radical (unpaired) electrons. The molecule has 0 atom stereocenters. The maximum atomic E-state index is 11.9. The van der Waals surface area contributed by atoms with Gasteiger partial charge in [-0.15, -0.1) is 0 Å². The van der Waals surface area contributed by atoms with Crippen LogP contribution in [0.4, 0.5) is 0 Å². The van der Waals surface area contributed by atoms with Crippen molar-refractivity contribution in [2.45, 2.75) is 38.5 Å². The molecule has 1 aromatic heterocycles. The van der Waals surface area contributed by atoms with Crippen LogP contribution in [-0.4, -0.2) is 28.5 Å². The standard InChI is InChI=1S/C15H20N2O3/c18-14(13-10-12(15(19)20)7-9-16-13)17-8-6-11-4-2-1-3-5-11/h7,9-11H,1-6,8H2,(H,17,18)(H,19,20). The Morgan fingerprint density at radius 1 is 1.30 bits per heavy atom. The van der Waals surface area contributed by atoms with Gasteiger partial charge in [0.15, 0.2) is 0 Å². The topological polar surface area (TPSA) is 79.3 Å².